The van der Waals surface area contributed by atoms with E-state index in [1.165, 1.54) is 0 Å². The number of pyridine rings is 1. The molecule has 0 spiro atoms. The molecule has 4 rings (SSSR count). The van der Waals surface area contributed by atoms with Crippen molar-refractivity contribution in [1.29, 1.82) is 0 Å². The zero-order chi connectivity index (χ0) is 21.6. The summed E-state index contributed by atoms with van der Waals surface area (Å²) in [6.45, 7) is 13.9. The highest BCUT2D eigenvalue weighted by Gasteiger charge is 2.34. The highest BCUT2D eigenvalue weighted by atomic mass is 16.1. The Kier molecular flexibility index (Phi) is 5.23. The summed E-state index contributed by atoms with van der Waals surface area (Å²) >= 11 is 0. The molecule has 8 nitrogen and oxygen atoms in total. The number of benzene rings is 1. The highest BCUT2D eigenvalue weighted by Crippen LogP contribution is 2.30. The molecule has 2 aromatic heterocycles. The summed E-state index contributed by atoms with van der Waals surface area (Å²) in [4.78, 5) is 21.1. The van der Waals surface area contributed by atoms with Crippen LogP contribution in [0.4, 0.5) is 0 Å². The van der Waals surface area contributed by atoms with Gasteiger partial charge < -0.3 is 9.88 Å². The van der Waals surface area contributed by atoms with Crippen molar-refractivity contribution in [2.24, 2.45) is 0 Å². The van der Waals surface area contributed by atoms with E-state index in [1.807, 2.05) is 17.7 Å². The lowest BCUT2D eigenvalue weighted by atomic mass is 9.99. The maximum Gasteiger partial charge on any atom is 0.253 e. The Balaban J connectivity index is 1.91. The number of hydrogen-bond donors (Lipinski definition) is 1. The number of aromatic amines is 1. The molecule has 1 aliphatic rings. The molecule has 30 heavy (non-hydrogen) atoms. The number of H-pyrrole nitrogens is 1. The number of tetrazole rings is 1. The average Bonchev–Trinajstić information content (AvgIpc) is 3.17. The third-order valence-electron chi connectivity index (χ3n) is 6.15. The molecule has 8 heteroatoms. The molecule has 1 atom stereocenters. The fourth-order valence-electron chi connectivity index (χ4n) is 4.17. The van der Waals surface area contributed by atoms with E-state index in [0.717, 1.165) is 48.2 Å². The van der Waals surface area contributed by atoms with Crippen molar-refractivity contribution in [3.8, 4) is 0 Å². The number of aryl methyl sites for hydroxylation is 2. The Morgan fingerprint density at radius 1 is 1.10 bits per heavy atom. The van der Waals surface area contributed by atoms with Gasteiger partial charge in [-0.05, 0) is 74.7 Å². The van der Waals surface area contributed by atoms with Gasteiger partial charge in [0.05, 0.1) is 11.1 Å². The molecule has 1 aliphatic heterocycles. The first-order valence-corrected chi connectivity index (χ1v) is 10.5. The zero-order valence-electron chi connectivity index (χ0n) is 18.7. The normalized spacial score (nSPS) is 17.5. The third-order valence-corrected chi connectivity index (χ3v) is 6.15. The molecule has 0 saturated carbocycles. The largest absolute Gasteiger partial charge is 0.321 e. The van der Waals surface area contributed by atoms with Crippen LogP contribution in [0.1, 0.15) is 49.3 Å². The van der Waals surface area contributed by atoms with E-state index in [1.54, 1.807) is 0 Å². The molecule has 0 bridgehead atoms. The topological polar surface area (TPSA) is 82.9 Å². The van der Waals surface area contributed by atoms with Crippen LogP contribution in [-0.2, 0) is 5.54 Å². The number of hydrogen-bond acceptors (Lipinski definition) is 6. The summed E-state index contributed by atoms with van der Waals surface area (Å²) in [6, 6.07) is 5.89. The van der Waals surface area contributed by atoms with E-state index in [0.29, 0.717) is 11.4 Å². The first-order chi connectivity index (χ1) is 14.2. The van der Waals surface area contributed by atoms with Crippen LogP contribution in [0.15, 0.2) is 23.0 Å². The van der Waals surface area contributed by atoms with Crippen molar-refractivity contribution in [3.63, 3.8) is 0 Å². The van der Waals surface area contributed by atoms with Gasteiger partial charge in [0.25, 0.3) is 5.56 Å². The van der Waals surface area contributed by atoms with Gasteiger partial charge in [0.15, 0.2) is 5.82 Å². The quantitative estimate of drug-likeness (QED) is 0.714. The maximum absolute atomic E-state index is 13.3. The summed E-state index contributed by atoms with van der Waals surface area (Å²) < 4.78 is 1.85. The minimum absolute atomic E-state index is 0.0800. The molecule has 1 saturated heterocycles. The minimum Gasteiger partial charge on any atom is -0.321 e. The lowest BCUT2D eigenvalue weighted by Crippen LogP contribution is -2.48. The standard InChI is InChI=1S/C22H31N7O/c1-14-7-8-16-13-17(21(30)23-18(16)15(14)2)19(28-11-9-27(6)10-12-28)20-24-25-26-29(20)22(3,4)5/h7-8,13,19H,9-12H2,1-6H3,(H,23,30)/t19-/m0/s1. The smallest absolute Gasteiger partial charge is 0.253 e. The van der Waals surface area contributed by atoms with Crippen molar-refractivity contribution in [2.45, 2.75) is 46.2 Å². The van der Waals surface area contributed by atoms with Gasteiger partial charge in [0.2, 0.25) is 0 Å². The second-order valence-corrected chi connectivity index (χ2v) is 9.39. The molecular formula is C22H31N7O. The summed E-state index contributed by atoms with van der Waals surface area (Å²) in [5.41, 5.74) is 3.49. The van der Waals surface area contributed by atoms with Crippen LogP contribution < -0.4 is 5.56 Å². The SMILES string of the molecule is Cc1ccc2cc([C@@H](c3nnnn3C(C)(C)C)N3CCN(C)CC3)c(=O)[nH]c2c1C. The Hall–Kier alpha value is -2.58. The number of rotatable bonds is 3. The van der Waals surface area contributed by atoms with Crippen LogP contribution in [0, 0.1) is 13.8 Å². The van der Waals surface area contributed by atoms with E-state index >= 15 is 0 Å². The van der Waals surface area contributed by atoms with E-state index in [4.69, 9.17) is 0 Å². The second-order valence-electron chi connectivity index (χ2n) is 9.39. The van der Waals surface area contributed by atoms with Gasteiger partial charge in [-0.25, -0.2) is 4.68 Å². The lowest BCUT2D eigenvalue weighted by molar-refractivity contribution is 0.118. The maximum atomic E-state index is 13.3. The number of fused-ring (bicyclic) bond motifs is 1. The zero-order valence-corrected chi connectivity index (χ0v) is 18.7. The summed E-state index contributed by atoms with van der Waals surface area (Å²) in [6.07, 6.45) is 0. The monoisotopic (exact) mass is 409 g/mol. The minimum atomic E-state index is -0.303. The van der Waals surface area contributed by atoms with Crippen LogP contribution in [0.25, 0.3) is 10.9 Å². The summed E-state index contributed by atoms with van der Waals surface area (Å²) in [5.74, 6) is 0.709. The molecule has 160 valence electrons. The number of nitrogens with one attached hydrogen (secondary N) is 1. The molecule has 0 radical (unpaired) electrons. The van der Waals surface area contributed by atoms with Gasteiger partial charge in [-0.2, -0.15) is 0 Å². The fourth-order valence-corrected chi connectivity index (χ4v) is 4.17. The van der Waals surface area contributed by atoms with Crippen LogP contribution >= 0.6 is 0 Å². The molecule has 3 aromatic rings. The van der Waals surface area contributed by atoms with Crippen LogP contribution in [0.2, 0.25) is 0 Å². The second kappa shape index (κ2) is 7.59. The van der Waals surface area contributed by atoms with Crippen molar-refractivity contribution >= 4 is 10.9 Å². The van der Waals surface area contributed by atoms with E-state index in [2.05, 4.69) is 77.2 Å². The molecule has 1 aromatic carbocycles. The van der Waals surface area contributed by atoms with Gasteiger partial charge in [0.1, 0.15) is 6.04 Å². The molecule has 1 fully saturated rings. The van der Waals surface area contributed by atoms with Crippen molar-refractivity contribution < 1.29 is 0 Å². The van der Waals surface area contributed by atoms with Crippen molar-refractivity contribution in [2.75, 3.05) is 33.2 Å². The highest BCUT2D eigenvalue weighted by molar-refractivity contribution is 5.83. The Morgan fingerprint density at radius 3 is 2.47 bits per heavy atom. The summed E-state index contributed by atoms with van der Waals surface area (Å²) in [7, 11) is 2.12. The predicted molar refractivity (Wildman–Crippen MR) is 118 cm³/mol. The first kappa shape index (κ1) is 20.7. The van der Waals surface area contributed by atoms with Gasteiger partial charge in [-0.3, -0.25) is 9.69 Å². The van der Waals surface area contributed by atoms with E-state index in [9.17, 15) is 4.79 Å². The number of aromatic nitrogens is 5. The number of piperazine rings is 1. The first-order valence-electron chi connectivity index (χ1n) is 10.5. The molecule has 3 heterocycles. The van der Waals surface area contributed by atoms with Gasteiger partial charge >= 0.3 is 0 Å². The molecule has 0 unspecified atom stereocenters. The van der Waals surface area contributed by atoms with Gasteiger partial charge in [0, 0.05) is 31.7 Å². The van der Waals surface area contributed by atoms with Crippen LogP contribution in [0.3, 0.4) is 0 Å². The summed E-state index contributed by atoms with van der Waals surface area (Å²) in [5, 5.41) is 13.7. The van der Waals surface area contributed by atoms with Crippen LogP contribution in [-0.4, -0.2) is 68.2 Å². The van der Waals surface area contributed by atoms with Crippen molar-refractivity contribution in [1.82, 2.24) is 35.0 Å². The van der Waals surface area contributed by atoms with E-state index < -0.39 is 0 Å². The Labute approximate surface area is 176 Å². The third kappa shape index (κ3) is 3.65. The Bertz CT molecular complexity index is 1120. The average molecular weight is 410 g/mol. The Morgan fingerprint density at radius 2 is 1.80 bits per heavy atom. The van der Waals surface area contributed by atoms with Crippen LogP contribution in [0.5, 0.6) is 0 Å². The van der Waals surface area contributed by atoms with Crippen molar-refractivity contribution in [3.05, 3.63) is 51.1 Å². The molecule has 0 amide bonds. The number of nitrogens with zero attached hydrogens (tertiary/aromatic N) is 6. The van der Waals surface area contributed by atoms with Gasteiger partial charge in [-0.1, -0.05) is 12.1 Å². The molecule has 1 N–H and O–H groups in total. The van der Waals surface area contributed by atoms with Gasteiger partial charge in [-0.15, -0.1) is 5.10 Å². The van der Waals surface area contributed by atoms with E-state index in [-0.39, 0.29) is 17.1 Å². The fraction of sp³-hybridized carbons (Fsp3) is 0.545. The number of likely N-dealkylation sites (N-methyl/N-ethyl adjacent to an activating group) is 1. The molecule has 0 aliphatic carbocycles. The predicted octanol–water partition coefficient (Wildman–Crippen LogP) is 2.22. The lowest BCUT2D eigenvalue weighted by Gasteiger charge is -2.38. The molecular weight excluding hydrogens is 378 g/mol.